The quantitative estimate of drug-likeness (QED) is 0.748. The Morgan fingerprint density at radius 3 is 3.00 bits per heavy atom. The predicted molar refractivity (Wildman–Crippen MR) is 60.0 cm³/mol. The first kappa shape index (κ1) is 8.68. The van der Waals surface area contributed by atoms with Crippen molar-refractivity contribution in [1.29, 1.82) is 0 Å². The van der Waals surface area contributed by atoms with Crippen LogP contribution in [-0.4, -0.2) is 11.1 Å². The molecule has 0 saturated heterocycles. The molecule has 0 saturated carbocycles. The monoisotopic (exact) mass is 200 g/mol. The molecule has 0 bridgehead atoms. The van der Waals surface area contributed by atoms with Gasteiger partial charge in [0.05, 0.1) is 11.6 Å². The summed E-state index contributed by atoms with van der Waals surface area (Å²) in [5, 5.41) is 1.13. The van der Waals surface area contributed by atoms with Crippen LogP contribution in [0.1, 0.15) is 11.6 Å². The van der Waals surface area contributed by atoms with Crippen molar-refractivity contribution >= 4 is 10.9 Å². The van der Waals surface area contributed by atoms with Crippen LogP contribution in [0.25, 0.3) is 10.9 Å². The minimum atomic E-state index is 0.0582. The number of rotatable bonds is 1. The number of para-hydroxylation sites is 1. The van der Waals surface area contributed by atoms with Crippen molar-refractivity contribution < 1.29 is 0 Å². The van der Waals surface area contributed by atoms with Gasteiger partial charge in [0.2, 0.25) is 0 Å². The van der Waals surface area contributed by atoms with Crippen LogP contribution in [-0.2, 0) is 6.42 Å². The lowest BCUT2D eigenvalue weighted by molar-refractivity contribution is 0.539. The molecule has 1 atom stereocenters. The Morgan fingerprint density at radius 2 is 2.20 bits per heavy atom. The fourth-order valence-electron chi connectivity index (χ4n) is 2.45. The number of hydrogen-bond acceptors (Lipinski definition) is 2. The summed E-state index contributed by atoms with van der Waals surface area (Å²) < 4.78 is 1.84. The highest BCUT2D eigenvalue weighted by molar-refractivity contribution is 5.83. The highest BCUT2D eigenvalue weighted by Crippen LogP contribution is 2.29. The minimum Gasteiger partial charge on any atom is -0.328 e. The summed E-state index contributed by atoms with van der Waals surface area (Å²) in [6.07, 6.45) is 0.882. The lowest BCUT2D eigenvalue weighted by Gasteiger charge is -2.10. The summed E-state index contributed by atoms with van der Waals surface area (Å²) in [5.41, 5.74) is 8.06. The molecule has 15 heavy (non-hydrogen) atoms. The Hall–Kier alpha value is -1.61. The maximum atomic E-state index is 11.8. The van der Waals surface area contributed by atoms with Gasteiger partial charge in [-0.25, -0.2) is 0 Å². The topological polar surface area (TPSA) is 48.0 Å². The first-order valence-corrected chi connectivity index (χ1v) is 5.14. The van der Waals surface area contributed by atoms with Gasteiger partial charge in [0.1, 0.15) is 0 Å². The van der Waals surface area contributed by atoms with E-state index in [2.05, 4.69) is 6.07 Å². The second-order valence-corrected chi connectivity index (χ2v) is 3.99. The maximum Gasteiger partial charge on any atom is 0.251 e. The van der Waals surface area contributed by atoms with Crippen molar-refractivity contribution in [3.05, 3.63) is 46.2 Å². The highest BCUT2D eigenvalue weighted by Gasteiger charge is 2.23. The second kappa shape index (κ2) is 2.94. The third kappa shape index (κ3) is 1.07. The van der Waals surface area contributed by atoms with E-state index in [4.69, 9.17) is 5.73 Å². The van der Waals surface area contributed by atoms with Crippen molar-refractivity contribution in [2.24, 2.45) is 5.73 Å². The number of nitrogens with zero attached hydrogens (tertiary/aromatic N) is 1. The molecule has 3 heteroatoms. The Balaban J connectivity index is 2.47. The number of aromatic nitrogens is 1. The molecule has 2 heterocycles. The van der Waals surface area contributed by atoms with Gasteiger partial charge in [-0.1, -0.05) is 18.2 Å². The molecule has 1 aromatic heterocycles. The smallest absolute Gasteiger partial charge is 0.251 e. The summed E-state index contributed by atoms with van der Waals surface area (Å²) >= 11 is 0. The van der Waals surface area contributed by atoms with Crippen molar-refractivity contribution in [2.75, 3.05) is 6.54 Å². The van der Waals surface area contributed by atoms with Gasteiger partial charge in [0.15, 0.2) is 0 Å². The van der Waals surface area contributed by atoms with E-state index < -0.39 is 0 Å². The van der Waals surface area contributed by atoms with Gasteiger partial charge in [-0.05, 0) is 23.4 Å². The van der Waals surface area contributed by atoms with E-state index >= 15 is 0 Å². The number of hydrogen-bond donors (Lipinski definition) is 1. The van der Waals surface area contributed by atoms with Crippen molar-refractivity contribution in [1.82, 2.24) is 4.57 Å². The van der Waals surface area contributed by atoms with Crippen LogP contribution in [0.5, 0.6) is 0 Å². The molecule has 0 fully saturated rings. The van der Waals surface area contributed by atoms with Crippen LogP contribution in [0.15, 0.2) is 35.1 Å². The molecule has 3 nitrogen and oxygen atoms in total. The molecule has 1 aliphatic heterocycles. The average Bonchev–Trinajstić information content (AvgIpc) is 2.64. The third-order valence-electron chi connectivity index (χ3n) is 3.13. The first-order chi connectivity index (χ1) is 7.31. The third-order valence-corrected chi connectivity index (χ3v) is 3.13. The molecule has 2 aromatic rings. The molecule has 1 aromatic carbocycles. The van der Waals surface area contributed by atoms with Crippen LogP contribution in [0, 0.1) is 0 Å². The lowest BCUT2D eigenvalue weighted by Crippen LogP contribution is -2.26. The molecule has 3 rings (SSSR count). The minimum absolute atomic E-state index is 0.0582. The van der Waals surface area contributed by atoms with E-state index in [0.717, 1.165) is 17.3 Å². The van der Waals surface area contributed by atoms with E-state index in [1.165, 1.54) is 5.56 Å². The maximum absolute atomic E-state index is 11.8. The zero-order chi connectivity index (χ0) is 10.4. The summed E-state index contributed by atoms with van der Waals surface area (Å²) in [7, 11) is 0. The summed E-state index contributed by atoms with van der Waals surface area (Å²) in [5.74, 6) is 0. The van der Waals surface area contributed by atoms with Crippen LogP contribution in [0.4, 0.5) is 0 Å². The predicted octanol–water partition coefficient (Wildman–Crippen LogP) is 1.06. The average molecular weight is 200 g/mol. The van der Waals surface area contributed by atoms with Crippen molar-refractivity contribution in [3.63, 3.8) is 0 Å². The standard InChI is InChI=1S/C12H12N2O/c13-7-10-6-9-3-1-2-8-4-5-11(15)14(10)12(8)9/h1-5,10H,6-7,13H2. The number of benzene rings is 1. The molecule has 0 aliphatic carbocycles. The van der Waals surface area contributed by atoms with Crippen molar-refractivity contribution in [3.8, 4) is 0 Å². The molecule has 76 valence electrons. The normalized spacial score (nSPS) is 18.6. The molecule has 0 spiro atoms. The number of pyridine rings is 1. The Labute approximate surface area is 87.1 Å². The van der Waals surface area contributed by atoms with Crippen LogP contribution >= 0.6 is 0 Å². The van der Waals surface area contributed by atoms with Gasteiger partial charge in [0, 0.05) is 12.6 Å². The highest BCUT2D eigenvalue weighted by atomic mass is 16.1. The summed E-state index contributed by atoms with van der Waals surface area (Å²) in [6, 6.07) is 9.79. The summed E-state index contributed by atoms with van der Waals surface area (Å²) in [4.78, 5) is 11.8. The lowest BCUT2D eigenvalue weighted by atomic mass is 10.1. The molecule has 2 N–H and O–H groups in total. The first-order valence-electron chi connectivity index (χ1n) is 5.14. The van der Waals surface area contributed by atoms with Crippen LogP contribution in [0.3, 0.4) is 0 Å². The van der Waals surface area contributed by atoms with E-state index in [1.54, 1.807) is 6.07 Å². The summed E-state index contributed by atoms with van der Waals surface area (Å²) in [6.45, 7) is 0.522. The van der Waals surface area contributed by atoms with Gasteiger partial charge in [-0.2, -0.15) is 0 Å². The Morgan fingerprint density at radius 1 is 1.33 bits per heavy atom. The van der Waals surface area contributed by atoms with Gasteiger partial charge < -0.3 is 10.3 Å². The molecule has 0 radical (unpaired) electrons. The van der Waals surface area contributed by atoms with E-state index in [1.807, 2.05) is 22.8 Å². The van der Waals surface area contributed by atoms with Crippen molar-refractivity contribution in [2.45, 2.75) is 12.5 Å². The SMILES string of the molecule is NCC1Cc2cccc3ccc(=O)n1c23. The molecular weight excluding hydrogens is 188 g/mol. The second-order valence-electron chi connectivity index (χ2n) is 3.99. The largest absolute Gasteiger partial charge is 0.328 e. The molecule has 0 amide bonds. The fraction of sp³-hybridized carbons (Fsp3) is 0.250. The molecule has 1 unspecified atom stereocenters. The van der Waals surface area contributed by atoms with Gasteiger partial charge in [0.25, 0.3) is 5.56 Å². The van der Waals surface area contributed by atoms with Crippen LogP contribution in [0.2, 0.25) is 0 Å². The zero-order valence-corrected chi connectivity index (χ0v) is 8.31. The Bertz CT molecular complexity index is 586. The van der Waals surface area contributed by atoms with Gasteiger partial charge >= 0.3 is 0 Å². The van der Waals surface area contributed by atoms with Crippen LogP contribution < -0.4 is 11.3 Å². The van der Waals surface area contributed by atoms with Gasteiger partial charge in [-0.3, -0.25) is 4.79 Å². The fourth-order valence-corrected chi connectivity index (χ4v) is 2.45. The van der Waals surface area contributed by atoms with Gasteiger partial charge in [-0.15, -0.1) is 0 Å². The van der Waals surface area contributed by atoms with E-state index in [9.17, 15) is 4.79 Å². The molecular formula is C12H12N2O. The van der Waals surface area contributed by atoms with E-state index in [-0.39, 0.29) is 11.6 Å². The molecule has 1 aliphatic rings. The zero-order valence-electron chi connectivity index (χ0n) is 8.31. The Kier molecular flexibility index (Phi) is 1.70. The number of nitrogens with two attached hydrogens (primary N) is 1. The van der Waals surface area contributed by atoms with E-state index in [0.29, 0.717) is 6.54 Å².